The van der Waals surface area contributed by atoms with Crippen LogP contribution in [0.2, 0.25) is 0 Å². The molecule has 0 radical (unpaired) electrons. The number of nitrogens with zero attached hydrogens (tertiary/aromatic N) is 3. The normalized spacial score (nSPS) is 15.0. The standard InChI is InChI=1S/C25H28N4O3S2/c1-5-11-29-22(17-8-6-7-15(2)12-17)27-28-25(29)33-14-20(30)26-23-21(24(31)32-4)18-10-9-16(3)13-19(18)34-23/h5-8,12,16H,1,9-11,13-14H2,2-4H3,(H,26,30). The van der Waals surface area contributed by atoms with E-state index in [0.29, 0.717) is 28.2 Å². The third kappa shape index (κ3) is 5.10. The maximum Gasteiger partial charge on any atom is 0.341 e. The number of carbonyl (C=O) groups is 2. The highest BCUT2D eigenvalue weighted by Gasteiger charge is 2.29. The first kappa shape index (κ1) is 24.2. The molecule has 1 aromatic carbocycles. The second-order valence-electron chi connectivity index (χ2n) is 8.46. The fourth-order valence-electron chi connectivity index (χ4n) is 4.14. The van der Waals surface area contributed by atoms with Crippen molar-refractivity contribution in [2.75, 3.05) is 18.2 Å². The molecule has 1 aliphatic rings. The summed E-state index contributed by atoms with van der Waals surface area (Å²) in [6.45, 7) is 8.61. The lowest BCUT2D eigenvalue weighted by atomic mass is 9.88. The maximum atomic E-state index is 12.9. The number of allylic oxidation sites excluding steroid dienone is 1. The Bertz CT molecular complexity index is 1230. The van der Waals surface area contributed by atoms with E-state index >= 15 is 0 Å². The molecule has 0 saturated carbocycles. The summed E-state index contributed by atoms with van der Waals surface area (Å²) in [7, 11) is 1.37. The van der Waals surface area contributed by atoms with E-state index in [9.17, 15) is 9.59 Å². The molecule has 1 atom stereocenters. The molecule has 3 aromatic rings. The predicted molar refractivity (Wildman–Crippen MR) is 137 cm³/mol. The van der Waals surface area contributed by atoms with Crippen molar-refractivity contribution in [1.29, 1.82) is 0 Å². The minimum atomic E-state index is -0.400. The number of hydrogen-bond donors (Lipinski definition) is 1. The highest BCUT2D eigenvalue weighted by Crippen LogP contribution is 2.40. The first-order valence-electron chi connectivity index (χ1n) is 11.2. The van der Waals surface area contributed by atoms with Crippen molar-refractivity contribution in [3.8, 4) is 11.4 Å². The molecule has 0 spiro atoms. The fraction of sp³-hybridized carbons (Fsp3) is 0.360. The number of hydrogen-bond acceptors (Lipinski definition) is 7. The largest absolute Gasteiger partial charge is 0.465 e. The average molecular weight is 497 g/mol. The predicted octanol–water partition coefficient (Wildman–Crippen LogP) is 5.14. The highest BCUT2D eigenvalue weighted by molar-refractivity contribution is 7.99. The second kappa shape index (κ2) is 10.6. The van der Waals surface area contributed by atoms with Crippen molar-refractivity contribution < 1.29 is 14.3 Å². The summed E-state index contributed by atoms with van der Waals surface area (Å²) in [6.07, 6.45) is 4.56. The third-order valence-corrected chi connectivity index (χ3v) is 7.93. The number of methoxy groups -OCH3 is 1. The molecular weight excluding hydrogens is 468 g/mol. The average Bonchev–Trinajstić information content (AvgIpc) is 3.37. The Morgan fingerprint density at radius 1 is 1.38 bits per heavy atom. The fourth-order valence-corrected chi connectivity index (χ4v) is 6.30. The Morgan fingerprint density at radius 2 is 2.21 bits per heavy atom. The summed E-state index contributed by atoms with van der Waals surface area (Å²) in [5, 5.41) is 12.8. The lowest BCUT2D eigenvalue weighted by molar-refractivity contribution is -0.113. The van der Waals surface area contributed by atoms with E-state index in [0.717, 1.165) is 46.7 Å². The number of aryl methyl sites for hydroxylation is 1. The van der Waals surface area contributed by atoms with E-state index in [4.69, 9.17) is 4.74 Å². The first-order chi connectivity index (χ1) is 16.4. The van der Waals surface area contributed by atoms with E-state index < -0.39 is 5.97 Å². The molecule has 9 heteroatoms. The molecule has 1 unspecified atom stereocenters. The second-order valence-corrected chi connectivity index (χ2v) is 10.5. The summed E-state index contributed by atoms with van der Waals surface area (Å²) in [6, 6.07) is 8.06. The number of thioether (sulfide) groups is 1. The van der Waals surface area contributed by atoms with Gasteiger partial charge in [0.2, 0.25) is 5.91 Å². The summed E-state index contributed by atoms with van der Waals surface area (Å²) < 4.78 is 6.96. The van der Waals surface area contributed by atoms with E-state index in [1.165, 1.54) is 30.2 Å². The van der Waals surface area contributed by atoms with Gasteiger partial charge in [-0.25, -0.2) is 4.79 Å². The molecule has 178 valence electrons. The number of ether oxygens (including phenoxy) is 1. The molecule has 0 fully saturated rings. The quantitative estimate of drug-likeness (QED) is 0.264. The van der Waals surface area contributed by atoms with Gasteiger partial charge >= 0.3 is 5.97 Å². The van der Waals surface area contributed by atoms with E-state index in [1.807, 2.05) is 29.7 Å². The van der Waals surface area contributed by atoms with Crippen LogP contribution in [0, 0.1) is 12.8 Å². The van der Waals surface area contributed by atoms with Gasteiger partial charge in [0.15, 0.2) is 11.0 Å². The number of nitrogens with one attached hydrogen (secondary N) is 1. The number of benzene rings is 1. The Balaban J connectivity index is 1.51. The summed E-state index contributed by atoms with van der Waals surface area (Å²) >= 11 is 2.79. The van der Waals surface area contributed by atoms with Gasteiger partial charge in [-0.3, -0.25) is 9.36 Å². The van der Waals surface area contributed by atoms with Crippen LogP contribution < -0.4 is 5.32 Å². The van der Waals surface area contributed by atoms with Crippen molar-refractivity contribution in [3.05, 3.63) is 58.5 Å². The molecular formula is C25H28N4O3S2. The molecule has 0 saturated heterocycles. The van der Waals surface area contributed by atoms with E-state index in [1.54, 1.807) is 6.08 Å². The minimum Gasteiger partial charge on any atom is -0.465 e. The van der Waals surface area contributed by atoms with Gasteiger partial charge in [-0.05, 0) is 43.7 Å². The lowest BCUT2D eigenvalue weighted by Crippen LogP contribution is -2.17. The van der Waals surface area contributed by atoms with Crippen molar-refractivity contribution >= 4 is 40.0 Å². The molecule has 1 N–H and O–H groups in total. The van der Waals surface area contributed by atoms with Crippen LogP contribution in [0.1, 0.15) is 39.7 Å². The Kier molecular flexibility index (Phi) is 7.53. The van der Waals surface area contributed by atoms with Crippen LogP contribution in [0.5, 0.6) is 0 Å². The summed E-state index contributed by atoms with van der Waals surface area (Å²) in [5.41, 5.74) is 3.62. The number of anilines is 1. The molecule has 0 bridgehead atoms. The van der Waals surface area contributed by atoms with Crippen molar-refractivity contribution in [3.63, 3.8) is 0 Å². The monoisotopic (exact) mass is 496 g/mol. The van der Waals surface area contributed by atoms with Crippen LogP contribution in [0.4, 0.5) is 5.00 Å². The van der Waals surface area contributed by atoms with Crippen LogP contribution in [0.25, 0.3) is 11.4 Å². The molecule has 1 amide bonds. The van der Waals surface area contributed by atoms with Crippen molar-refractivity contribution in [2.24, 2.45) is 5.92 Å². The SMILES string of the molecule is C=CCn1c(SCC(=O)Nc2sc3c(c2C(=O)OC)CCC(C)C3)nnc1-c1cccc(C)c1. The van der Waals surface area contributed by atoms with E-state index in [2.05, 4.69) is 35.1 Å². The van der Waals surface area contributed by atoms with Gasteiger partial charge in [0, 0.05) is 17.0 Å². The summed E-state index contributed by atoms with van der Waals surface area (Å²) in [4.78, 5) is 26.5. The zero-order valence-corrected chi connectivity index (χ0v) is 21.2. The Morgan fingerprint density at radius 3 is 2.94 bits per heavy atom. The van der Waals surface area contributed by atoms with Gasteiger partial charge in [0.05, 0.1) is 18.4 Å². The van der Waals surface area contributed by atoms with Gasteiger partial charge in [0.1, 0.15) is 5.00 Å². The third-order valence-electron chi connectivity index (χ3n) is 5.79. The molecule has 1 aliphatic carbocycles. The molecule has 4 rings (SSSR count). The summed E-state index contributed by atoms with van der Waals surface area (Å²) in [5.74, 6) is 0.840. The number of carbonyl (C=O) groups excluding carboxylic acids is 2. The van der Waals surface area contributed by atoms with Crippen LogP contribution in [0.3, 0.4) is 0 Å². The minimum absolute atomic E-state index is 0.142. The van der Waals surface area contributed by atoms with Crippen LogP contribution in [0.15, 0.2) is 42.1 Å². The van der Waals surface area contributed by atoms with Crippen LogP contribution in [-0.4, -0.2) is 39.5 Å². The number of amides is 1. The molecule has 34 heavy (non-hydrogen) atoms. The lowest BCUT2D eigenvalue weighted by Gasteiger charge is -2.18. The topological polar surface area (TPSA) is 86.1 Å². The van der Waals surface area contributed by atoms with Crippen LogP contribution >= 0.6 is 23.1 Å². The van der Waals surface area contributed by atoms with E-state index in [-0.39, 0.29) is 11.7 Å². The smallest absolute Gasteiger partial charge is 0.341 e. The molecule has 0 aliphatic heterocycles. The number of thiophene rings is 1. The van der Waals surface area contributed by atoms with Crippen molar-refractivity contribution in [1.82, 2.24) is 14.8 Å². The van der Waals surface area contributed by atoms with Gasteiger partial charge < -0.3 is 10.1 Å². The van der Waals surface area contributed by atoms with Gasteiger partial charge in [-0.1, -0.05) is 48.5 Å². The van der Waals surface area contributed by atoms with Gasteiger partial charge in [0.25, 0.3) is 0 Å². The number of rotatable bonds is 8. The number of fused-ring (bicyclic) bond motifs is 1. The number of esters is 1. The zero-order valence-electron chi connectivity index (χ0n) is 19.6. The molecule has 2 aromatic heterocycles. The zero-order chi connectivity index (χ0) is 24.2. The first-order valence-corrected chi connectivity index (χ1v) is 13.0. The van der Waals surface area contributed by atoms with Gasteiger partial charge in [-0.15, -0.1) is 28.1 Å². The van der Waals surface area contributed by atoms with Crippen LogP contribution in [-0.2, 0) is 28.9 Å². The van der Waals surface area contributed by atoms with Crippen molar-refractivity contribution in [2.45, 2.75) is 44.8 Å². The van der Waals surface area contributed by atoms with Gasteiger partial charge in [-0.2, -0.15) is 0 Å². The molecule has 7 nitrogen and oxygen atoms in total. The number of aromatic nitrogens is 3. The molecule has 2 heterocycles. The Labute approximate surface area is 207 Å². The maximum absolute atomic E-state index is 12.9. The highest BCUT2D eigenvalue weighted by atomic mass is 32.2. The Hall–Kier alpha value is -2.91.